The highest BCUT2D eigenvalue weighted by atomic mass is 16.5. The summed E-state index contributed by atoms with van der Waals surface area (Å²) >= 11 is 0. The van der Waals surface area contributed by atoms with E-state index >= 15 is 0 Å². The molecule has 2 aliphatic heterocycles. The molecule has 0 aliphatic carbocycles. The fourth-order valence-corrected chi connectivity index (χ4v) is 4.07. The van der Waals surface area contributed by atoms with Crippen molar-refractivity contribution in [3.63, 3.8) is 0 Å². The van der Waals surface area contributed by atoms with Gasteiger partial charge >= 0.3 is 6.01 Å². The number of rotatable bonds is 4. The molecule has 1 amide bonds. The molecule has 144 valence electrons. The zero-order chi connectivity index (χ0) is 19.0. The predicted molar refractivity (Wildman–Crippen MR) is 105 cm³/mol. The standard InChI is InChI=1S/C20H27N5O2/c1-12-4-5-17(25-9-13(2)23-14(3)10-25)16-8-22-20(24-19(12)16)27-11-15-6-18(26)21-7-15/h4-5,8,13-15,23H,6-7,9-11H2,1-3H3,(H,21,26). The van der Waals surface area contributed by atoms with Gasteiger partial charge in [0.15, 0.2) is 0 Å². The highest BCUT2D eigenvalue weighted by Gasteiger charge is 2.24. The number of amides is 1. The number of piperazine rings is 1. The van der Waals surface area contributed by atoms with Crippen LogP contribution >= 0.6 is 0 Å². The Hall–Kier alpha value is -2.41. The average molecular weight is 369 g/mol. The Kier molecular flexibility index (Phi) is 4.86. The Bertz CT molecular complexity index is 846. The molecule has 2 saturated heterocycles. The summed E-state index contributed by atoms with van der Waals surface area (Å²) in [6, 6.07) is 5.55. The summed E-state index contributed by atoms with van der Waals surface area (Å²) in [4.78, 5) is 22.8. The first-order chi connectivity index (χ1) is 13.0. The molecule has 0 spiro atoms. The molecular weight excluding hydrogens is 342 g/mol. The van der Waals surface area contributed by atoms with Crippen LogP contribution < -0.4 is 20.3 Å². The number of hydrogen-bond acceptors (Lipinski definition) is 6. The fraction of sp³-hybridized carbons (Fsp3) is 0.550. The first-order valence-electron chi connectivity index (χ1n) is 9.66. The number of carbonyl (C=O) groups is 1. The third-order valence-electron chi connectivity index (χ3n) is 5.32. The first kappa shape index (κ1) is 18.0. The minimum atomic E-state index is 0.0861. The lowest BCUT2D eigenvalue weighted by Gasteiger charge is -2.38. The van der Waals surface area contributed by atoms with Crippen LogP contribution in [0.2, 0.25) is 0 Å². The second-order valence-electron chi connectivity index (χ2n) is 7.88. The van der Waals surface area contributed by atoms with Crippen molar-refractivity contribution in [1.29, 1.82) is 0 Å². The van der Waals surface area contributed by atoms with Gasteiger partial charge in [0.1, 0.15) is 0 Å². The summed E-state index contributed by atoms with van der Waals surface area (Å²) < 4.78 is 5.78. The van der Waals surface area contributed by atoms with E-state index in [1.807, 2.05) is 6.20 Å². The second kappa shape index (κ2) is 7.31. The molecule has 2 fully saturated rings. The van der Waals surface area contributed by atoms with Gasteiger partial charge in [0, 0.05) is 61.3 Å². The summed E-state index contributed by atoms with van der Waals surface area (Å²) in [5.74, 6) is 0.274. The molecular formula is C20H27N5O2. The van der Waals surface area contributed by atoms with E-state index in [4.69, 9.17) is 4.74 Å². The van der Waals surface area contributed by atoms with Gasteiger partial charge in [-0.05, 0) is 32.4 Å². The maximum atomic E-state index is 11.3. The summed E-state index contributed by atoms with van der Waals surface area (Å²) in [5.41, 5.74) is 3.21. The summed E-state index contributed by atoms with van der Waals surface area (Å²) in [5, 5.41) is 7.45. The SMILES string of the molecule is Cc1ccc(N2CC(C)NC(C)C2)c2cnc(OCC3CNC(=O)C3)nc12. The minimum absolute atomic E-state index is 0.0861. The number of ether oxygens (including phenoxy) is 1. The highest BCUT2D eigenvalue weighted by Crippen LogP contribution is 2.30. The second-order valence-corrected chi connectivity index (χ2v) is 7.88. The van der Waals surface area contributed by atoms with E-state index in [0.29, 0.717) is 37.7 Å². The van der Waals surface area contributed by atoms with Crippen LogP contribution in [0, 0.1) is 12.8 Å². The lowest BCUT2D eigenvalue weighted by molar-refractivity contribution is -0.119. The number of anilines is 1. The van der Waals surface area contributed by atoms with Crippen LogP contribution in [0.3, 0.4) is 0 Å². The number of hydrogen-bond donors (Lipinski definition) is 2. The van der Waals surface area contributed by atoms with Gasteiger partial charge in [-0.1, -0.05) is 6.07 Å². The van der Waals surface area contributed by atoms with Crippen LogP contribution in [-0.2, 0) is 4.79 Å². The van der Waals surface area contributed by atoms with E-state index in [9.17, 15) is 4.79 Å². The Morgan fingerprint density at radius 1 is 1.26 bits per heavy atom. The fourth-order valence-electron chi connectivity index (χ4n) is 4.07. The smallest absolute Gasteiger partial charge is 0.316 e. The number of fused-ring (bicyclic) bond motifs is 1. The molecule has 2 aliphatic rings. The Labute approximate surface area is 159 Å². The summed E-state index contributed by atoms with van der Waals surface area (Å²) in [6.07, 6.45) is 2.38. The Balaban J connectivity index is 1.58. The quantitative estimate of drug-likeness (QED) is 0.853. The Morgan fingerprint density at radius 2 is 2.04 bits per heavy atom. The molecule has 0 bridgehead atoms. The van der Waals surface area contributed by atoms with Crippen molar-refractivity contribution in [2.75, 3.05) is 31.1 Å². The molecule has 0 radical (unpaired) electrons. The molecule has 3 heterocycles. The molecule has 2 N–H and O–H groups in total. The minimum Gasteiger partial charge on any atom is -0.463 e. The number of aryl methyl sites for hydroxylation is 1. The Morgan fingerprint density at radius 3 is 2.74 bits per heavy atom. The maximum Gasteiger partial charge on any atom is 0.316 e. The third-order valence-corrected chi connectivity index (χ3v) is 5.32. The normalized spacial score (nSPS) is 25.7. The van der Waals surface area contributed by atoms with Gasteiger partial charge in [-0.3, -0.25) is 4.79 Å². The number of nitrogens with zero attached hydrogens (tertiary/aromatic N) is 3. The monoisotopic (exact) mass is 369 g/mol. The van der Waals surface area contributed by atoms with Crippen LogP contribution in [-0.4, -0.2) is 54.2 Å². The van der Waals surface area contributed by atoms with E-state index < -0.39 is 0 Å². The van der Waals surface area contributed by atoms with Crippen molar-refractivity contribution in [3.8, 4) is 6.01 Å². The molecule has 1 aromatic carbocycles. The number of nitrogens with one attached hydrogen (secondary N) is 2. The van der Waals surface area contributed by atoms with Crippen LogP contribution in [0.5, 0.6) is 6.01 Å². The average Bonchev–Trinajstić information content (AvgIpc) is 3.05. The van der Waals surface area contributed by atoms with Crippen LogP contribution in [0.1, 0.15) is 25.8 Å². The third kappa shape index (κ3) is 3.83. The summed E-state index contributed by atoms with van der Waals surface area (Å²) in [7, 11) is 0. The van der Waals surface area contributed by atoms with Gasteiger partial charge in [0.2, 0.25) is 5.91 Å². The van der Waals surface area contributed by atoms with Gasteiger partial charge < -0.3 is 20.3 Å². The molecule has 7 nitrogen and oxygen atoms in total. The van der Waals surface area contributed by atoms with Gasteiger partial charge in [0.25, 0.3) is 0 Å². The zero-order valence-electron chi connectivity index (χ0n) is 16.2. The van der Waals surface area contributed by atoms with Gasteiger partial charge in [-0.15, -0.1) is 0 Å². The molecule has 27 heavy (non-hydrogen) atoms. The van der Waals surface area contributed by atoms with Crippen molar-refractivity contribution in [1.82, 2.24) is 20.6 Å². The van der Waals surface area contributed by atoms with Crippen molar-refractivity contribution < 1.29 is 9.53 Å². The maximum absolute atomic E-state index is 11.3. The zero-order valence-corrected chi connectivity index (χ0v) is 16.2. The lowest BCUT2D eigenvalue weighted by Crippen LogP contribution is -2.54. The number of aromatic nitrogens is 2. The van der Waals surface area contributed by atoms with Crippen molar-refractivity contribution in [3.05, 3.63) is 23.9 Å². The van der Waals surface area contributed by atoms with Gasteiger partial charge in [0.05, 0.1) is 12.1 Å². The molecule has 1 aromatic heterocycles. The van der Waals surface area contributed by atoms with Crippen LogP contribution in [0.15, 0.2) is 18.3 Å². The van der Waals surface area contributed by atoms with E-state index in [-0.39, 0.29) is 11.8 Å². The van der Waals surface area contributed by atoms with E-state index in [0.717, 1.165) is 29.6 Å². The predicted octanol–water partition coefficient (Wildman–Crippen LogP) is 1.64. The largest absolute Gasteiger partial charge is 0.463 e. The molecule has 4 rings (SSSR count). The molecule has 0 saturated carbocycles. The van der Waals surface area contributed by atoms with Crippen LogP contribution in [0.4, 0.5) is 5.69 Å². The number of benzene rings is 1. The molecule has 3 unspecified atom stereocenters. The van der Waals surface area contributed by atoms with Crippen molar-refractivity contribution >= 4 is 22.5 Å². The lowest BCUT2D eigenvalue weighted by atomic mass is 10.1. The van der Waals surface area contributed by atoms with Crippen molar-refractivity contribution in [2.45, 2.75) is 39.3 Å². The molecule has 7 heteroatoms. The van der Waals surface area contributed by atoms with E-state index in [2.05, 4.69) is 58.4 Å². The molecule has 3 atom stereocenters. The van der Waals surface area contributed by atoms with Crippen molar-refractivity contribution in [2.24, 2.45) is 5.92 Å². The van der Waals surface area contributed by atoms with Gasteiger partial charge in [-0.25, -0.2) is 4.98 Å². The highest BCUT2D eigenvalue weighted by molar-refractivity contribution is 5.93. The number of carbonyl (C=O) groups excluding carboxylic acids is 1. The van der Waals surface area contributed by atoms with E-state index in [1.165, 1.54) is 5.69 Å². The van der Waals surface area contributed by atoms with Gasteiger partial charge in [-0.2, -0.15) is 4.98 Å². The summed E-state index contributed by atoms with van der Waals surface area (Å²) in [6.45, 7) is 9.53. The topological polar surface area (TPSA) is 79.4 Å². The van der Waals surface area contributed by atoms with E-state index in [1.54, 1.807) is 0 Å². The molecule has 2 aromatic rings. The van der Waals surface area contributed by atoms with Crippen LogP contribution in [0.25, 0.3) is 10.9 Å². The first-order valence-corrected chi connectivity index (χ1v) is 9.66.